The van der Waals surface area contributed by atoms with Crippen LogP contribution < -0.4 is 10.6 Å². The molecule has 0 saturated carbocycles. The molecule has 1 aromatic heterocycles. The number of ether oxygens (including phenoxy) is 1. The molecule has 1 saturated heterocycles. The quantitative estimate of drug-likeness (QED) is 0.793. The number of primary amides is 1. The Morgan fingerprint density at radius 3 is 3.19 bits per heavy atom. The number of nitrogens with two attached hydrogens (primary N) is 1. The van der Waals surface area contributed by atoms with Crippen LogP contribution in [0.4, 0.5) is 5.13 Å². The zero-order valence-corrected chi connectivity index (χ0v) is 9.87. The highest BCUT2D eigenvalue weighted by Crippen LogP contribution is 2.21. The average Bonchev–Trinajstić information content (AvgIpc) is 2.77. The molecular formula is C9H14N4O2S. The Bertz CT molecular complexity index is 381. The van der Waals surface area contributed by atoms with Gasteiger partial charge in [-0.25, -0.2) is 4.98 Å². The fourth-order valence-electron chi connectivity index (χ4n) is 1.57. The number of aromatic nitrogens is 2. The number of hydrogen-bond donors (Lipinski definition) is 1. The molecule has 0 aromatic carbocycles. The van der Waals surface area contributed by atoms with Crippen molar-refractivity contribution < 1.29 is 9.53 Å². The van der Waals surface area contributed by atoms with Gasteiger partial charge in [0, 0.05) is 24.5 Å². The van der Waals surface area contributed by atoms with Crippen LogP contribution in [-0.2, 0) is 16.0 Å². The van der Waals surface area contributed by atoms with Gasteiger partial charge >= 0.3 is 0 Å². The smallest absolute Gasteiger partial charge is 0.242 e. The van der Waals surface area contributed by atoms with Crippen molar-refractivity contribution in [1.82, 2.24) is 9.36 Å². The molecule has 6 nitrogen and oxygen atoms in total. The molecule has 2 rings (SSSR count). The number of aryl methyl sites for hydroxylation is 1. The van der Waals surface area contributed by atoms with Crippen LogP contribution in [0.2, 0.25) is 0 Å². The van der Waals surface area contributed by atoms with E-state index in [1.54, 1.807) is 0 Å². The number of hydrogen-bond acceptors (Lipinski definition) is 6. The van der Waals surface area contributed by atoms with E-state index >= 15 is 0 Å². The normalized spacial score (nSPS) is 21.1. The SMILES string of the molecule is CCc1nsc(N2CCOC[C@@H]2C(N)=O)n1. The van der Waals surface area contributed by atoms with Crippen LogP contribution in [0.15, 0.2) is 0 Å². The largest absolute Gasteiger partial charge is 0.377 e. The first-order chi connectivity index (χ1) is 7.72. The second-order valence-electron chi connectivity index (χ2n) is 3.53. The number of nitrogens with zero attached hydrogens (tertiary/aromatic N) is 3. The van der Waals surface area contributed by atoms with Crippen molar-refractivity contribution in [2.24, 2.45) is 5.73 Å². The second kappa shape index (κ2) is 4.75. The van der Waals surface area contributed by atoms with Crippen LogP contribution in [0, 0.1) is 0 Å². The zero-order chi connectivity index (χ0) is 11.5. The molecule has 0 bridgehead atoms. The summed E-state index contributed by atoms with van der Waals surface area (Å²) in [4.78, 5) is 17.5. The molecule has 0 spiro atoms. The second-order valence-corrected chi connectivity index (χ2v) is 4.26. The molecule has 0 radical (unpaired) electrons. The number of amides is 1. The standard InChI is InChI=1S/C9H14N4O2S/c1-2-7-11-9(16-12-7)13-3-4-15-5-6(13)8(10)14/h6H,2-5H2,1H3,(H2,10,14)/t6-/m1/s1. The lowest BCUT2D eigenvalue weighted by atomic mass is 10.2. The third-order valence-corrected chi connectivity index (χ3v) is 3.27. The maximum atomic E-state index is 11.3. The van der Waals surface area contributed by atoms with E-state index < -0.39 is 6.04 Å². The Balaban J connectivity index is 2.19. The molecule has 1 atom stereocenters. The Hall–Kier alpha value is -1.21. The van der Waals surface area contributed by atoms with Gasteiger partial charge in [0.05, 0.1) is 13.2 Å². The van der Waals surface area contributed by atoms with Crippen LogP contribution in [0.25, 0.3) is 0 Å². The molecule has 0 aliphatic carbocycles. The summed E-state index contributed by atoms with van der Waals surface area (Å²) in [6.45, 7) is 3.55. The van der Waals surface area contributed by atoms with E-state index in [-0.39, 0.29) is 5.91 Å². The molecule has 0 unspecified atom stereocenters. The predicted molar refractivity (Wildman–Crippen MR) is 60.4 cm³/mol. The molecule has 16 heavy (non-hydrogen) atoms. The van der Waals surface area contributed by atoms with Gasteiger partial charge in [-0.05, 0) is 0 Å². The number of rotatable bonds is 3. The first-order valence-electron chi connectivity index (χ1n) is 5.18. The Morgan fingerprint density at radius 2 is 2.56 bits per heavy atom. The lowest BCUT2D eigenvalue weighted by Crippen LogP contribution is -2.52. The van der Waals surface area contributed by atoms with Gasteiger partial charge in [-0.2, -0.15) is 4.37 Å². The first-order valence-corrected chi connectivity index (χ1v) is 5.96. The summed E-state index contributed by atoms with van der Waals surface area (Å²) in [7, 11) is 0. The van der Waals surface area contributed by atoms with E-state index in [0.29, 0.717) is 19.8 Å². The van der Waals surface area contributed by atoms with Crippen molar-refractivity contribution in [2.45, 2.75) is 19.4 Å². The molecular weight excluding hydrogens is 228 g/mol. The number of carbonyl (C=O) groups is 1. The Morgan fingerprint density at radius 1 is 1.75 bits per heavy atom. The van der Waals surface area contributed by atoms with E-state index in [2.05, 4.69) is 9.36 Å². The molecule has 1 fully saturated rings. The summed E-state index contributed by atoms with van der Waals surface area (Å²) in [6, 6.07) is -0.425. The molecule has 1 aromatic rings. The molecule has 2 N–H and O–H groups in total. The van der Waals surface area contributed by atoms with Crippen LogP contribution in [0.1, 0.15) is 12.7 Å². The van der Waals surface area contributed by atoms with Crippen molar-refractivity contribution in [3.63, 3.8) is 0 Å². The minimum absolute atomic E-state index is 0.330. The average molecular weight is 242 g/mol. The van der Waals surface area contributed by atoms with E-state index in [4.69, 9.17) is 10.5 Å². The van der Waals surface area contributed by atoms with Gasteiger partial charge in [-0.3, -0.25) is 4.79 Å². The Labute approximate surface area is 97.6 Å². The number of carbonyl (C=O) groups excluding carboxylic acids is 1. The minimum Gasteiger partial charge on any atom is -0.377 e. The highest BCUT2D eigenvalue weighted by atomic mass is 32.1. The van der Waals surface area contributed by atoms with E-state index in [1.807, 2.05) is 11.8 Å². The molecule has 2 heterocycles. The van der Waals surface area contributed by atoms with Gasteiger partial charge in [0.15, 0.2) is 0 Å². The van der Waals surface area contributed by atoms with Crippen LogP contribution in [0.3, 0.4) is 0 Å². The summed E-state index contributed by atoms with van der Waals surface area (Å²) < 4.78 is 9.44. The van der Waals surface area contributed by atoms with E-state index in [9.17, 15) is 4.79 Å². The van der Waals surface area contributed by atoms with Gasteiger partial charge < -0.3 is 15.4 Å². The van der Waals surface area contributed by atoms with Gasteiger partial charge in [0.1, 0.15) is 11.9 Å². The lowest BCUT2D eigenvalue weighted by molar-refractivity contribution is -0.121. The van der Waals surface area contributed by atoms with Crippen molar-refractivity contribution in [2.75, 3.05) is 24.7 Å². The van der Waals surface area contributed by atoms with Gasteiger partial charge in [0.25, 0.3) is 0 Å². The van der Waals surface area contributed by atoms with E-state index in [1.165, 1.54) is 11.5 Å². The van der Waals surface area contributed by atoms with Crippen molar-refractivity contribution in [3.05, 3.63) is 5.82 Å². The lowest BCUT2D eigenvalue weighted by Gasteiger charge is -2.32. The van der Waals surface area contributed by atoms with Crippen molar-refractivity contribution >= 4 is 22.6 Å². The minimum atomic E-state index is -0.425. The summed E-state index contributed by atoms with van der Waals surface area (Å²) in [6.07, 6.45) is 0.794. The highest BCUT2D eigenvalue weighted by Gasteiger charge is 2.29. The number of anilines is 1. The van der Waals surface area contributed by atoms with E-state index in [0.717, 1.165) is 17.4 Å². The maximum Gasteiger partial charge on any atom is 0.242 e. The van der Waals surface area contributed by atoms with Crippen molar-refractivity contribution in [3.8, 4) is 0 Å². The maximum absolute atomic E-state index is 11.3. The first kappa shape index (κ1) is 11.3. The van der Waals surface area contributed by atoms with Gasteiger partial charge in [0.2, 0.25) is 11.0 Å². The van der Waals surface area contributed by atoms with Crippen LogP contribution >= 0.6 is 11.5 Å². The highest BCUT2D eigenvalue weighted by molar-refractivity contribution is 7.09. The van der Waals surface area contributed by atoms with Crippen molar-refractivity contribution in [1.29, 1.82) is 0 Å². The summed E-state index contributed by atoms with van der Waals surface area (Å²) in [5.41, 5.74) is 5.33. The molecule has 88 valence electrons. The molecule has 7 heteroatoms. The number of morpholine rings is 1. The third kappa shape index (κ3) is 2.14. The molecule has 1 aliphatic heterocycles. The predicted octanol–water partition coefficient (Wildman–Crippen LogP) is -0.209. The Kier molecular flexibility index (Phi) is 3.35. The van der Waals surface area contributed by atoms with Crippen LogP contribution in [-0.4, -0.2) is 41.1 Å². The van der Waals surface area contributed by atoms with Gasteiger partial charge in [-0.1, -0.05) is 6.92 Å². The molecule has 1 amide bonds. The molecule has 1 aliphatic rings. The zero-order valence-electron chi connectivity index (χ0n) is 9.05. The third-order valence-electron chi connectivity index (χ3n) is 2.48. The van der Waals surface area contributed by atoms with Gasteiger partial charge in [-0.15, -0.1) is 0 Å². The summed E-state index contributed by atoms with van der Waals surface area (Å²) >= 11 is 1.30. The summed E-state index contributed by atoms with van der Waals surface area (Å²) in [5, 5.41) is 0.754. The summed E-state index contributed by atoms with van der Waals surface area (Å²) in [5.74, 6) is 0.419. The van der Waals surface area contributed by atoms with Crippen LogP contribution in [0.5, 0.6) is 0 Å². The fraction of sp³-hybridized carbons (Fsp3) is 0.667. The monoisotopic (exact) mass is 242 g/mol. The topological polar surface area (TPSA) is 81.3 Å². The fourth-order valence-corrected chi connectivity index (χ4v) is 2.40.